The SMILES string of the molecule is COCCNC(=O)c1ccccc1NC(=O)[C@H](C)Sc1ccccc1. The Morgan fingerprint density at radius 1 is 1.08 bits per heavy atom. The van der Waals surface area contributed by atoms with Crippen molar-refractivity contribution >= 4 is 29.3 Å². The molecule has 25 heavy (non-hydrogen) atoms. The Bertz CT molecular complexity index is 707. The Morgan fingerprint density at radius 2 is 1.76 bits per heavy atom. The van der Waals surface area contributed by atoms with Crippen LogP contribution in [0.2, 0.25) is 0 Å². The third-order valence-electron chi connectivity index (χ3n) is 3.45. The Morgan fingerprint density at radius 3 is 2.48 bits per heavy atom. The third-order valence-corrected chi connectivity index (χ3v) is 4.56. The molecule has 132 valence electrons. The molecule has 0 aliphatic rings. The number of carbonyl (C=O) groups excluding carboxylic acids is 2. The van der Waals surface area contributed by atoms with Gasteiger partial charge in [-0.2, -0.15) is 0 Å². The van der Waals surface area contributed by atoms with Crippen LogP contribution in [0.15, 0.2) is 59.5 Å². The second-order valence-corrected chi connectivity index (χ2v) is 6.77. The van der Waals surface area contributed by atoms with E-state index in [0.29, 0.717) is 24.4 Å². The number of methoxy groups -OCH3 is 1. The predicted octanol–water partition coefficient (Wildman–Crippen LogP) is 3.18. The van der Waals surface area contributed by atoms with Crippen molar-refractivity contribution in [3.8, 4) is 0 Å². The molecule has 6 heteroatoms. The van der Waals surface area contributed by atoms with Crippen molar-refractivity contribution in [1.29, 1.82) is 0 Å². The largest absolute Gasteiger partial charge is 0.383 e. The van der Waals surface area contributed by atoms with Crippen LogP contribution in [0.3, 0.4) is 0 Å². The summed E-state index contributed by atoms with van der Waals surface area (Å²) in [5.74, 6) is -0.387. The maximum Gasteiger partial charge on any atom is 0.253 e. The van der Waals surface area contributed by atoms with Gasteiger partial charge in [-0.3, -0.25) is 9.59 Å². The maximum absolute atomic E-state index is 12.5. The minimum atomic E-state index is -0.285. The maximum atomic E-state index is 12.5. The topological polar surface area (TPSA) is 67.4 Å². The van der Waals surface area contributed by atoms with Crippen molar-refractivity contribution in [2.75, 3.05) is 25.6 Å². The van der Waals surface area contributed by atoms with E-state index < -0.39 is 0 Å². The summed E-state index contributed by atoms with van der Waals surface area (Å²) in [6.07, 6.45) is 0. The van der Waals surface area contributed by atoms with Crippen LogP contribution in [0.4, 0.5) is 5.69 Å². The van der Waals surface area contributed by atoms with Crippen LogP contribution in [-0.2, 0) is 9.53 Å². The number of amides is 2. The molecule has 0 aromatic heterocycles. The molecule has 5 nitrogen and oxygen atoms in total. The van der Waals surface area contributed by atoms with Crippen LogP contribution in [0.1, 0.15) is 17.3 Å². The fourth-order valence-electron chi connectivity index (χ4n) is 2.14. The van der Waals surface area contributed by atoms with Crippen molar-refractivity contribution in [3.63, 3.8) is 0 Å². The van der Waals surface area contributed by atoms with Gasteiger partial charge >= 0.3 is 0 Å². The zero-order chi connectivity index (χ0) is 18.1. The van der Waals surface area contributed by atoms with E-state index in [1.54, 1.807) is 31.4 Å². The third kappa shape index (κ3) is 5.92. The number of benzene rings is 2. The molecular weight excluding hydrogens is 336 g/mol. The fourth-order valence-corrected chi connectivity index (χ4v) is 3.03. The van der Waals surface area contributed by atoms with E-state index in [1.807, 2.05) is 37.3 Å². The van der Waals surface area contributed by atoms with Gasteiger partial charge in [-0.25, -0.2) is 0 Å². The van der Waals surface area contributed by atoms with Gasteiger partial charge < -0.3 is 15.4 Å². The number of rotatable bonds is 8. The van der Waals surface area contributed by atoms with E-state index in [2.05, 4.69) is 10.6 Å². The lowest BCUT2D eigenvalue weighted by molar-refractivity contribution is -0.115. The van der Waals surface area contributed by atoms with E-state index in [9.17, 15) is 9.59 Å². The van der Waals surface area contributed by atoms with Gasteiger partial charge in [-0.15, -0.1) is 11.8 Å². The Hall–Kier alpha value is -2.31. The fraction of sp³-hybridized carbons (Fsp3) is 0.263. The molecule has 0 unspecified atom stereocenters. The van der Waals surface area contributed by atoms with E-state index in [0.717, 1.165) is 4.90 Å². The molecule has 0 fully saturated rings. The van der Waals surface area contributed by atoms with Crippen molar-refractivity contribution < 1.29 is 14.3 Å². The molecule has 0 radical (unpaired) electrons. The standard InChI is InChI=1S/C19H22N2O3S/c1-14(25-15-8-4-3-5-9-15)18(22)21-17-11-7-6-10-16(17)19(23)20-12-13-24-2/h3-11,14H,12-13H2,1-2H3,(H,20,23)(H,21,22)/t14-/m0/s1. The lowest BCUT2D eigenvalue weighted by Gasteiger charge is -2.14. The van der Waals surface area contributed by atoms with E-state index in [1.165, 1.54) is 11.8 Å². The molecule has 0 saturated heterocycles. The second kappa shape index (κ2) is 9.86. The van der Waals surface area contributed by atoms with E-state index in [-0.39, 0.29) is 17.1 Å². The van der Waals surface area contributed by atoms with E-state index >= 15 is 0 Å². The van der Waals surface area contributed by atoms with Crippen LogP contribution in [0, 0.1) is 0 Å². The number of thioether (sulfide) groups is 1. The summed E-state index contributed by atoms with van der Waals surface area (Å²) in [5.41, 5.74) is 0.937. The van der Waals surface area contributed by atoms with Gasteiger partial charge in [0.2, 0.25) is 5.91 Å². The predicted molar refractivity (Wildman–Crippen MR) is 101 cm³/mol. The van der Waals surface area contributed by atoms with Gasteiger partial charge in [0.05, 0.1) is 23.1 Å². The quantitative estimate of drug-likeness (QED) is 0.562. The first-order valence-electron chi connectivity index (χ1n) is 8.00. The van der Waals surface area contributed by atoms with Gasteiger partial charge in [0, 0.05) is 18.6 Å². The number of anilines is 1. The summed E-state index contributed by atoms with van der Waals surface area (Å²) >= 11 is 1.47. The average Bonchev–Trinajstić information content (AvgIpc) is 2.63. The van der Waals surface area contributed by atoms with Crippen molar-refractivity contribution in [2.24, 2.45) is 0 Å². The summed E-state index contributed by atoms with van der Waals surface area (Å²) in [6.45, 7) is 2.69. The lowest BCUT2D eigenvalue weighted by Crippen LogP contribution is -2.29. The van der Waals surface area contributed by atoms with Crippen LogP contribution in [0.5, 0.6) is 0 Å². The molecule has 2 aromatic rings. The number of carbonyl (C=O) groups is 2. The minimum absolute atomic E-state index is 0.147. The Kier molecular flexibility index (Phi) is 7.50. The number of para-hydroxylation sites is 1. The van der Waals surface area contributed by atoms with Crippen molar-refractivity contribution in [1.82, 2.24) is 5.32 Å². The number of hydrogen-bond donors (Lipinski definition) is 2. The lowest BCUT2D eigenvalue weighted by atomic mass is 10.1. The highest BCUT2D eigenvalue weighted by molar-refractivity contribution is 8.00. The molecule has 0 aliphatic carbocycles. The first-order chi connectivity index (χ1) is 12.1. The van der Waals surface area contributed by atoms with Crippen LogP contribution < -0.4 is 10.6 Å². The molecule has 1 atom stereocenters. The smallest absolute Gasteiger partial charge is 0.253 e. The molecule has 2 amide bonds. The first kappa shape index (κ1) is 19.0. The zero-order valence-electron chi connectivity index (χ0n) is 14.3. The average molecular weight is 358 g/mol. The number of ether oxygens (including phenoxy) is 1. The van der Waals surface area contributed by atoms with Crippen LogP contribution in [0.25, 0.3) is 0 Å². The molecule has 0 saturated carbocycles. The highest BCUT2D eigenvalue weighted by Crippen LogP contribution is 2.24. The Balaban J connectivity index is 2.01. The van der Waals surface area contributed by atoms with Gasteiger partial charge in [0.15, 0.2) is 0 Å². The molecule has 0 heterocycles. The molecule has 2 N–H and O–H groups in total. The van der Waals surface area contributed by atoms with Crippen molar-refractivity contribution in [3.05, 3.63) is 60.2 Å². The number of hydrogen-bond acceptors (Lipinski definition) is 4. The van der Waals surface area contributed by atoms with Gasteiger partial charge in [-0.05, 0) is 31.2 Å². The summed E-state index contributed by atoms with van der Waals surface area (Å²) < 4.78 is 4.92. The van der Waals surface area contributed by atoms with E-state index in [4.69, 9.17) is 4.74 Å². The molecule has 0 aliphatic heterocycles. The summed E-state index contributed by atoms with van der Waals surface area (Å²) in [6, 6.07) is 16.7. The second-order valence-electron chi connectivity index (χ2n) is 5.36. The minimum Gasteiger partial charge on any atom is -0.383 e. The molecule has 0 spiro atoms. The summed E-state index contributed by atoms with van der Waals surface area (Å²) in [7, 11) is 1.58. The number of nitrogens with one attached hydrogen (secondary N) is 2. The van der Waals surface area contributed by atoms with Crippen LogP contribution in [-0.4, -0.2) is 37.3 Å². The normalized spacial score (nSPS) is 11.6. The van der Waals surface area contributed by atoms with Crippen LogP contribution >= 0.6 is 11.8 Å². The van der Waals surface area contributed by atoms with Gasteiger partial charge in [0.25, 0.3) is 5.91 Å². The van der Waals surface area contributed by atoms with Gasteiger partial charge in [0.1, 0.15) is 0 Å². The zero-order valence-corrected chi connectivity index (χ0v) is 15.1. The molecule has 0 bridgehead atoms. The highest BCUT2D eigenvalue weighted by Gasteiger charge is 2.17. The molecule has 2 aromatic carbocycles. The Labute approximate surface area is 152 Å². The summed E-state index contributed by atoms with van der Waals surface area (Å²) in [4.78, 5) is 25.8. The van der Waals surface area contributed by atoms with Gasteiger partial charge in [-0.1, -0.05) is 30.3 Å². The highest BCUT2D eigenvalue weighted by atomic mass is 32.2. The summed E-state index contributed by atoms with van der Waals surface area (Å²) in [5, 5.41) is 5.33. The first-order valence-corrected chi connectivity index (χ1v) is 8.88. The molecule has 2 rings (SSSR count). The molecular formula is C19H22N2O3S. The van der Waals surface area contributed by atoms with Crippen molar-refractivity contribution in [2.45, 2.75) is 17.1 Å². The monoisotopic (exact) mass is 358 g/mol.